The zero-order valence-electron chi connectivity index (χ0n) is 12.9. The molecular weight excluding hydrogens is 322 g/mol. The number of ether oxygens (including phenoxy) is 1. The number of rotatable bonds is 4. The van der Waals surface area contributed by atoms with Crippen LogP contribution in [0.1, 0.15) is 18.9 Å². The minimum Gasteiger partial charge on any atom is -0.481 e. The molecule has 1 heterocycles. The Morgan fingerprint density at radius 3 is 2.48 bits per heavy atom. The molecule has 2 rings (SSSR count). The third-order valence-corrected chi connectivity index (χ3v) is 3.42. The van der Waals surface area contributed by atoms with E-state index < -0.39 is 17.3 Å². The van der Waals surface area contributed by atoms with Crippen molar-refractivity contribution in [1.29, 1.82) is 0 Å². The van der Waals surface area contributed by atoms with Gasteiger partial charge in [-0.2, -0.15) is 0 Å². The van der Waals surface area contributed by atoms with Gasteiger partial charge in [0.2, 0.25) is 0 Å². The summed E-state index contributed by atoms with van der Waals surface area (Å²) in [5, 5.41) is 8.95. The molecule has 0 spiro atoms. The molecule has 0 aliphatic carbocycles. The Morgan fingerprint density at radius 2 is 2.00 bits per heavy atom. The van der Waals surface area contributed by atoms with Crippen LogP contribution in [0.3, 0.4) is 0 Å². The topological polar surface area (TPSA) is 83.9 Å². The van der Waals surface area contributed by atoms with E-state index in [0.717, 1.165) is 5.56 Å². The van der Waals surface area contributed by atoms with Crippen LogP contribution >= 0.6 is 11.6 Å². The van der Waals surface area contributed by atoms with Crippen LogP contribution in [0.2, 0.25) is 0 Å². The van der Waals surface area contributed by atoms with Crippen LogP contribution in [-0.4, -0.2) is 46.9 Å². The molecule has 1 aliphatic rings. The van der Waals surface area contributed by atoms with Gasteiger partial charge >= 0.3 is 11.4 Å². The molecule has 1 atom stereocenters. The first-order chi connectivity index (χ1) is 10.9. The summed E-state index contributed by atoms with van der Waals surface area (Å²) in [7, 11) is 0. The summed E-state index contributed by atoms with van der Waals surface area (Å²) in [5.74, 6) is -2.01. The highest BCUT2D eigenvalue weighted by Crippen LogP contribution is 2.16. The number of Topliss-reactive ketones (excluding diaryl/α,β-unsaturated/α-hetero) is 1. The predicted molar refractivity (Wildman–Crippen MR) is 85.3 cm³/mol. The summed E-state index contributed by atoms with van der Waals surface area (Å²) in [5.41, 5.74) is 0.406. The van der Waals surface area contributed by atoms with E-state index in [1.807, 2.05) is 35.2 Å². The summed E-state index contributed by atoms with van der Waals surface area (Å²) >= 11 is 4.72. The average molecular weight is 342 g/mol. The number of carboxylic acid groups (broad SMARTS) is 1. The molecule has 0 saturated carbocycles. The Bertz CT molecular complexity index is 535. The summed E-state index contributed by atoms with van der Waals surface area (Å²) in [6, 6.07) is 9.87. The number of benzene rings is 1. The van der Waals surface area contributed by atoms with Crippen LogP contribution in [0.5, 0.6) is 0 Å². The van der Waals surface area contributed by atoms with Crippen molar-refractivity contribution in [3.05, 3.63) is 35.9 Å². The van der Waals surface area contributed by atoms with Gasteiger partial charge < -0.3 is 9.84 Å². The van der Waals surface area contributed by atoms with Gasteiger partial charge in [0.15, 0.2) is 0 Å². The van der Waals surface area contributed by atoms with E-state index in [1.165, 1.54) is 0 Å². The maximum atomic E-state index is 11.4. The van der Waals surface area contributed by atoms with E-state index in [0.29, 0.717) is 32.7 Å². The first-order valence-corrected chi connectivity index (χ1v) is 7.65. The van der Waals surface area contributed by atoms with E-state index in [-0.39, 0.29) is 5.78 Å². The molecule has 1 fully saturated rings. The SMILES string of the molecule is CCOC(=O)Cl.O=C(O)C1CN(Cc2ccccc2)CCC1=O. The second-order valence-electron chi connectivity index (χ2n) is 5.00. The van der Waals surface area contributed by atoms with Gasteiger partial charge in [-0.1, -0.05) is 30.3 Å². The van der Waals surface area contributed by atoms with Crippen molar-refractivity contribution in [2.24, 2.45) is 5.92 Å². The normalized spacial score (nSPS) is 17.8. The highest BCUT2D eigenvalue weighted by atomic mass is 35.5. The minimum absolute atomic E-state index is 0.151. The van der Waals surface area contributed by atoms with Crippen LogP contribution in [0.15, 0.2) is 30.3 Å². The summed E-state index contributed by atoms with van der Waals surface area (Å²) in [4.78, 5) is 34.0. The Hall–Kier alpha value is -1.92. The Morgan fingerprint density at radius 1 is 1.35 bits per heavy atom. The number of carbonyl (C=O) groups excluding carboxylic acids is 2. The molecule has 126 valence electrons. The van der Waals surface area contributed by atoms with E-state index in [9.17, 15) is 14.4 Å². The van der Waals surface area contributed by atoms with Gasteiger partial charge in [-0.15, -0.1) is 0 Å². The average Bonchev–Trinajstić information content (AvgIpc) is 2.50. The maximum absolute atomic E-state index is 11.4. The highest BCUT2D eigenvalue weighted by molar-refractivity contribution is 6.61. The largest absolute Gasteiger partial charge is 0.481 e. The lowest BCUT2D eigenvalue weighted by molar-refractivity contribution is -0.149. The number of carbonyl (C=O) groups is 3. The van der Waals surface area contributed by atoms with Crippen molar-refractivity contribution in [2.75, 3.05) is 19.7 Å². The smallest absolute Gasteiger partial charge is 0.403 e. The summed E-state index contributed by atoms with van der Waals surface area (Å²) < 4.78 is 4.17. The molecule has 1 N–H and O–H groups in total. The quantitative estimate of drug-likeness (QED) is 0.669. The van der Waals surface area contributed by atoms with E-state index in [1.54, 1.807) is 6.92 Å². The number of hydrogen-bond donors (Lipinski definition) is 1. The number of aliphatic carboxylic acids is 1. The number of piperidine rings is 1. The zero-order valence-corrected chi connectivity index (χ0v) is 13.7. The van der Waals surface area contributed by atoms with Gasteiger partial charge in [0.25, 0.3) is 0 Å². The lowest BCUT2D eigenvalue weighted by Crippen LogP contribution is -2.43. The standard InChI is InChI=1S/C13H15NO3.C3H5ClO2/c15-12-6-7-14(9-11(12)13(16)17)8-10-4-2-1-3-5-10;1-2-6-3(4)5/h1-5,11H,6-9H2,(H,16,17);2H2,1H3. The van der Waals surface area contributed by atoms with E-state index in [2.05, 4.69) is 4.74 Å². The van der Waals surface area contributed by atoms with Crippen LogP contribution in [0.25, 0.3) is 0 Å². The second kappa shape index (κ2) is 9.97. The van der Waals surface area contributed by atoms with E-state index in [4.69, 9.17) is 16.7 Å². The van der Waals surface area contributed by atoms with Crippen LogP contribution < -0.4 is 0 Å². The highest BCUT2D eigenvalue weighted by Gasteiger charge is 2.32. The van der Waals surface area contributed by atoms with Crippen molar-refractivity contribution in [1.82, 2.24) is 4.90 Å². The van der Waals surface area contributed by atoms with Crippen LogP contribution in [-0.2, 0) is 20.9 Å². The zero-order chi connectivity index (χ0) is 17.2. The number of likely N-dealkylation sites (tertiary alicyclic amines) is 1. The van der Waals surface area contributed by atoms with Gasteiger partial charge in [0.05, 0.1) is 6.61 Å². The molecule has 7 heteroatoms. The fourth-order valence-electron chi connectivity index (χ4n) is 2.21. The van der Waals surface area contributed by atoms with Crippen molar-refractivity contribution in [3.63, 3.8) is 0 Å². The van der Waals surface area contributed by atoms with Gasteiger partial charge in [-0.25, -0.2) is 4.79 Å². The molecule has 6 nitrogen and oxygen atoms in total. The second-order valence-corrected chi connectivity index (χ2v) is 5.31. The molecule has 1 aromatic carbocycles. The maximum Gasteiger partial charge on any atom is 0.403 e. The van der Waals surface area contributed by atoms with Crippen LogP contribution in [0.4, 0.5) is 4.79 Å². The molecule has 1 unspecified atom stereocenters. The van der Waals surface area contributed by atoms with Crippen LogP contribution in [0, 0.1) is 5.92 Å². The van der Waals surface area contributed by atoms with Gasteiger partial charge in [-0.05, 0) is 12.5 Å². The minimum atomic E-state index is -1.01. The van der Waals surface area contributed by atoms with Crippen molar-refractivity contribution < 1.29 is 24.2 Å². The predicted octanol–water partition coefficient (Wildman–Crippen LogP) is 2.54. The van der Waals surface area contributed by atoms with Gasteiger partial charge in [0, 0.05) is 37.7 Å². The number of ketones is 1. The molecule has 1 aliphatic heterocycles. The number of carboxylic acids is 1. The third-order valence-electron chi connectivity index (χ3n) is 3.31. The van der Waals surface area contributed by atoms with Gasteiger partial charge in [0.1, 0.15) is 11.7 Å². The Balaban J connectivity index is 0.000000379. The molecule has 1 aromatic rings. The monoisotopic (exact) mass is 341 g/mol. The molecular formula is C16H20ClNO5. The molecule has 0 aromatic heterocycles. The molecule has 1 saturated heterocycles. The van der Waals surface area contributed by atoms with Crippen molar-refractivity contribution in [3.8, 4) is 0 Å². The van der Waals surface area contributed by atoms with Crippen molar-refractivity contribution >= 4 is 28.8 Å². The first-order valence-electron chi connectivity index (χ1n) is 7.28. The van der Waals surface area contributed by atoms with Gasteiger partial charge in [-0.3, -0.25) is 14.5 Å². The summed E-state index contributed by atoms with van der Waals surface area (Å²) in [6.45, 7) is 3.72. The van der Waals surface area contributed by atoms with Crippen molar-refractivity contribution in [2.45, 2.75) is 19.9 Å². The van der Waals surface area contributed by atoms with E-state index >= 15 is 0 Å². The number of nitrogens with zero attached hydrogens (tertiary/aromatic N) is 1. The molecule has 0 amide bonds. The lowest BCUT2D eigenvalue weighted by Gasteiger charge is -2.29. The first kappa shape index (κ1) is 19.1. The summed E-state index contributed by atoms with van der Waals surface area (Å²) in [6.07, 6.45) is 0.337. The number of halogens is 1. The molecule has 0 radical (unpaired) electrons. The Kier molecular flexibility index (Phi) is 8.29. The lowest BCUT2D eigenvalue weighted by atomic mass is 9.96. The number of hydrogen-bond acceptors (Lipinski definition) is 5. The molecule has 23 heavy (non-hydrogen) atoms. The molecule has 0 bridgehead atoms. The fourth-order valence-corrected chi connectivity index (χ4v) is 2.32. The fraction of sp³-hybridized carbons (Fsp3) is 0.438. The Labute approximate surface area is 140 Å². The third kappa shape index (κ3) is 7.25.